The van der Waals surface area contributed by atoms with E-state index in [4.69, 9.17) is 27.4 Å². The number of hydrogen-bond donors (Lipinski definition) is 1. The molecular weight excluding hydrogens is 302 g/mol. The smallest absolute Gasteiger partial charge is 0.121 e. The van der Waals surface area contributed by atoms with Crippen LogP contribution in [0.1, 0.15) is 19.4 Å². The van der Waals surface area contributed by atoms with Crippen LogP contribution >= 0.6 is 28.1 Å². The minimum atomic E-state index is 0.0116. The molecule has 0 saturated heterocycles. The molecule has 3 nitrogen and oxygen atoms in total. The van der Waals surface area contributed by atoms with Gasteiger partial charge in [0.05, 0.1) is 6.61 Å². The molecule has 0 aliphatic carbocycles. The fourth-order valence-electron chi connectivity index (χ4n) is 1.32. The molecule has 1 unspecified atom stereocenters. The van der Waals surface area contributed by atoms with Gasteiger partial charge in [-0.05, 0) is 48.0 Å². The summed E-state index contributed by atoms with van der Waals surface area (Å²) in [5.74, 6) is 0.768. The molecule has 94 valence electrons. The summed E-state index contributed by atoms with van der Waals surface area (Å²) in [6.07, 6.45) is 0.0116. The zero-order valence-electron chi connectivity index (χ0n) is 9.90. The van der Waals surface area contributed by atoms with Crippen LogP contribution in [0.15, 0.2) is 22.7 Å². The summed E-state index contributed by atoms with van der Waals surface area (Å²) in [5, 5.41) is 0. The van der Waals surface area contributed by atoms with Crippen molar-refractivity contribution in [3.05, 3.63) is 28.2 Å². The van der Waals surface area contributed by atoms with Crippen molar-refractivity contribution in [3.63, 3.8) is 0 Å². The van der Waals surface area contributed by atoms with Crippen LogP contribution in [0.3, 0.4) is 0 Å². The van der Waals surface area contributed by atoms with Crippen LogP contribution < -0.4 is 10.5 Å². The van der Waals surface area contributed by atoms with Gasteiger partial charge < -0.3 is 15.2 Å². The molecule has 0 saturated carbocycles. The Bertz CT molecular complexity index is 398. The summed E-state index contributed by atoms with van der Waals surface area (Å²) in [7, 11) is 0. The van der Waals surface area contributed by atoms with Gasteiger partial charge in [0.25, 0.3) is 0 Å². The number of ether oxygens (including phenoxy) is 2. The lowest BCUT2D eigenvalue weighted by Gasteiger charge is -2.15. The Hall–Kier alpha value is -0.650. The normalized spacial score (nSPS) is 12.2. The maximum Gasteiger partial charge on any atom is 0.121 e. The van der Waals surface area contributed by atoms with Gasteiger partial charge in [-0.1, -0.05) is 12.2 Å². The Morgan fingerprint density at radius 3 is 2.76 bits per heavy atom. The van der Waals surface area contributed by atoms with Crippen LogP contribution in [0.4, 0.5) is 0 Å². The van der Waals surface area contributed by atoms with E-state index in [0.717, 1.165) is 15.8 Å². The van der Waals surface area contributed by atoms with Crippen molar-refractivity contribution in [1.82, 2.24) is 0 Å². The number of nitrogens with two attached hydrogens (primary N) is 1. The average molecular weight is 318 g/mol. The molecule has 0 amide bonds. The van der Waals surface area contributed by atoms with E-state index in [0.29, 0.717) is 18.2 Å². The number of benzene rings is 1. The van der Waals surface area contributed by atoms with Crippen LogP contribution in [-0.4, -0.2) is 24.3 Å². The van der Waals surface area contributed by atoms with E-state index in [1.54, 1.807) is 0 Å². The summed E-state index contributed by atoms with van der Waals surface area (Å²) in [6, 6.07) is 5.55. The topological polar surface area (TPSA) is 44.5 Å². The molecule has 1 aromatic rings. The van der Waals surface area contributed by atoms with Crippen LogP contribution in [0.5, 0.6) is 5.75 Å². The quantitative estimate of drug-likeness (QED) is 0.819. The standard InChI is InChI=1S/C12H16BrNO2S/c1-3-15-7-8(2)16-9-4-5-10(12(14)17)11(13)6-9/h4-6,8H,3,7H2,1-2H3,(H2,14,17). The van der Waals surface area contributed by atoms with Gasteiger partial charge in [0.15, 0.2) is 0 Å². The van der Waals surface area contributed by atoms with Crippen molar-refractivity contribution in [3.8, 4) is 5.75 Å². The summed E-state index contributed by atoms with van der Waals surface area (Å²) in [5.41, 5.74) is 6.38. The Labute approximate surface area is 115 Å². The average Bonchev–Trinajstić information content (AvgIpc) is 2.26. The molecule has 1 aromatic carbocycles. The Balaban J connectivity index is 2.67. The molecule has 17 heavy (non-hydrogen) atoms. The predicted octanol–water partition coefficient (Wildman–Crippen LogP) is 2.89. The summed E-state index contributed by atoms with van der Waals surface area (Å²) < 4.78 is 11.8. The lowest BCUT2D eigenvalue weighted by atomic mass is 10.2. The molecule has 0 aromatic heterocycles. The lowest BCUT2D eigenvalue weighted by Crippen LogP contribution is -2.19. The summed E-state index contributed by atoms with van der Waals surface area (Å²) in [6.45, 7) is 5.19. The Morgan fingerprint density at radius 1 is 1.53 bits per heavy atom. The van der Waals surface area contributed by atoms with Gasteiger partial charge in [-0.3, -0.25) is 0 Å². The van der Waals surface area contributed by atoms with Crippen molar-refractivity contribution in [2.24, 2.45) is 5.73 Å². The van der Waals surface area contributed by atoms with E-state index in [1.807, 2.05) is 32.0 Å². The minimum Gasteiger partial charge on any atom is -0.488 e. The van der Waals surface area contributed by atoms with Crippen LogP contribution in [0.2, 0.25) is 0 Å². The van der Waals surface area contributed by atoms with Crippen molar-refractivity contribution in [2.45, 2.75) is 20.0 Å². The highest BCUT2D eigenvalue weighted by atomic mass is 79.9. The predicted molar refractivity (Wildman–Crippen MR) is 76.6 cm³/mol. The molecule has 0 fully saturated rings. The highest BCUT2D eigenvalue weighted by molar-refractivity contribution is 9.10. The molecule has 0 radical (unpaired) electrons. The summed E-state index contributed by atoms with van der Waals surface area (Å²) in [4.78, 5) is 0.366. The second kappa shape index (κ2) is 6.93. The van der Waals surface area contributed by atoms with Gasteiger partial charge in [0.1, 0.15) is 16.8 Å². The van der Waals surface area contributed by atoms with E-state index in [1.165, 1.54) is 0 Å². The van der Waals surface area contributed by atoms with Gasteiger partial charge in [0.2, 0.25) is 0 Å². The van der Waals surface area contributed by atoms with Gasteiger partial charge >= 0.3 is 0 Å². The van der Waals surface area contributed by atoms with Crippen molar-refractivity contribution in [2.75, 3.05) is 13.2 Å². The van der Waals surface area contributed by atoms with Gasteiger partial charge in [-0.2, -0.15) is 0 Å². The third-order valence-corrected chi connectivity index (χ3v) is 2.98. The molecule has 0 heterocycles. The third kappa shape index (κ3) is 4.61. The SMILES string of the molecule is CCOCC(C)Oc1ccc(C(N)=S)c(Br)c1. The summed E-state index contributed by atoms with van der Waals surface area (Å²) >= 11 is 8.34. The van der Waals surface area contributed by atoms with Crippen molar-refractivity contribution in [1.29, 1.82) is 0 Å². The lowest BCUT2D eigenvalue weighted by molar-refractivity contribution is 0.0657. The fraction of sp³-hybridized carbons (Fsp3) is 0.417. The van der Waals surface area contributed by atoms with Crippen LogP contribution in [0.25, 0.3) is 0 Å². The second-order valence-electron chi connectivity index (χ2n) is 3.59. The first kappa shape index (κ1) is 14.4. The monoisotopic (exact) mass is 317 g/mol. The van der Waals surface area contributed by atoms with E-state index in [2.05, 4.69) is 15.9 Å². The van der Waals surface area contributed by atoms with Crippen LogP contribution in [0, 0.1) is 0 Å². The fourth-order valence-corrected chi connectivity index (χ4v) is 2.20. The third-order valence-electron chi connectivity index (χ3n) is 2.10. The van der Waals surface area contributed by atoms with E-state index in [-0.39, 0.29) is 6.10 Å². The maximum atomic E-state index is 5.69. The van der Waals surface area contributed by atoms with E-state index in [9.17, 15) is 0 Å². The zero-order valence-corrected chi connectivity index (χ0v) is 12.3. The molecule has 0 aliphatic heterocycles. The molecule has 0 bridgehead atoms. The molecule has 1 rings (SSSR count). The number of halogens is 1. The largest absolute Gasteiger partial charge is 0.488 e. The van der Waals surface area contributed by atoms with E-state index >= 15 is 0 Å². The van der Waals surface area contributed by atoms with Gasteiger partial charge in [-0.15, -0.1) is 0 Å². The Kier molecular flexibility index (Phi) is 5.88. The van der Waals surface area contributed by atoms with Crippen LogP contribution in [-0.2, 0) is 4.74 Å². The highest BCUT2D eigenvalue weighted by Gasteiger charge is 2.07. The highest BCUT2D eigenvalue weighted by Crippen LogP contribution is 2.23. The van der Waals surface area contributed by atoms with Crippen molar-refractivity contribution < 1.29 is 9.47 Å². The second-order valence-corrected chi connectivity index (χ2v) is 4.89. The minimum absolute atomic E-state index is 0.0116. The van der Waals surface area contributed by atoms with Gasteiger partial charge in [0, 0.05) is 16.6 Å². The maximum absolute atomic E-state index is 5.69. The molecule has 5 heteroatoms. The van der Waals surface area contributed by atoms with E-state index < -0.39 is 0 Å². The molecule has 2 N–H and O–H groups in total. The van der Waals surface area contributed by atoms with Gasteiger partial charge in [-0.25, -0.2) is 0 Å². The van der Waals surface area contributed by atoms with Crippen molar-refractivity contribution >= 4 is 33.1 Å². The number of thiocarbonyl (C=S) groups is 1. The molecular formula is C12H16BrNO2S. The number of hydrogen-bond acceptors (Lipinski definition) is 3. The first-order chi connectivity index (χ1) is 8.04. The Morgan fingerprint density at radius 2 is 2.24 bits per heavy atom. The molecule has 1 atom stereocenters. The first-order valence-electron chi connectivity index (χ1n) is 5.38. The number of rotatable bonds is 6. The molecule has 0 spiro atoms. The zero-order chi connectivity index (χ0) is 12.8. The first-order valence-corrected chi connectivity index (χ1v) is 6.58. The molecule has 0 aliphatic rings.